The summed E-state index contributed by atoms with van der Waals surface area (Å²) in [5.41, 5.74) is 2.99. The molecular weight excluding hydrogens is 532 g/mol. The van der Waals surface area contributed by atoms with Crippen LogP contribution >= 0.6 is 23.1 Å². The van der Waals surface area contributed by atoms with Gasteiger partial charge in [-0.25, -0.2) is 0 Å². The van der Waals surface area contributed by atoms with Gasteiger partial charge in [-0.05, 0) is 66.1 Å². The van der Waals surface area contributed by atoms with E-state index in [1.54, 1.807) is 45.6 Å². The van der Waals surface area contributed by atoms with Crippen LogP contribution in [0.15, 0.2) is 46.1 Å². The predicted octanol–water partition coefficient (Wildman–Crippen LogP) is 4.65. The first-order valence-electron chi connectivity index (χ1n) is 11.5. The van der Waals surface area contributed by atoms with E-state index in [1.807, 2.05) is 18.4 Å². The molecule has 0 saturated carbocycles. The molecule has 2 aromatic carbocycles. The van der Waals surface area contributed by atoms with E-state index in [0.717, 1.165) is 28.0 Å². The van der Waals surface area contributed by atoms with Gasteiger partial charge in [-0.3, -0.25) is 9.59 Å². The average molecular weight is 559 g/mol. The number of amides is 1. The van der Waals surface area contributed by atoms with Gasteiger partial charge in [-0.1, -0.05) is 6.07 Å². The second-order valence-corrected chi connectivity index (χ2v) is 10.3. The zero-order valence-electron chi connectivity index (χ0n) is 21.2. The number of benzene rings is 1. The second-order valence-electron chi connectivity index (χ2n) is 8.28. The van der Waals surface area contributed by atoms with E-state index in [1.165, 1.54) is 11.8 Å². The van der Waals surface area contributed by atoms with E-state index in [2.05, 4.69) is 10.2 Å². The molecule has 10 nitrogen and oxygen atoms in total. The Kier molecular flexibility index (Phi) is 8.42. The van der Waals surface area contributed by atoms with Gasteiger partial charge >= 0.3 is 0 Å². The monoisotopic (exact) mass is 558 g/mol. The Bertz CT molecular complexity index is 1440. The molecule has 1 aliphatic rings. The highest BCUT2D eigenvalue weighted by Crippen LogP contribution is 2.49. The minimum Gasteiger partial charge on any atom is -0.493 e. The number of carbonyl (C=O) groups is 1. The lowest BCUT2D eigenvalue weighted by Gasteiger charge is -2.18. The molecule has 1 heterocycles. The van der Waals surface area contributed by atoms with E-state index in [0.29, 0.717) is 50.3 Å². The smallest absolute Gasteiger partial charge is 0.294 e. The Hall–Kier alpha value is -3.77. The second kappa shape index (κ2) is 11.7. The molecule has 4 rings (SSSR count). The minimum absolute atomic E-state index is 0.149. The number of carbonyl (C=O) groups excluding carboxylic acids is 1. The Balaban J connectivity index is 1.81. The number of fused-ring (bicyclic) bond motifs is 3. The third kappa shape index (κ3) is 5.41. The number of rotatable bonds is 9. The Morgan fingerprint density at radius 1 is 1.11 bits per heavy atom. The van der Waals surface area contributed by atoms with Crippen molar-refractivity contribution in [1.29, 1.82) is 0 Å². The van der Waals surface area contributed by atoms with E-state index in [-0.39, 0.29) is 17.9 Å². The number of nitrogens with one attached hydrogen (secondary N) is 1. The molecule has 12 heteroatoms. The van der Waals surface area contributed by atoms with Crippen LogP contribution in [-0.4, -0.2) is 38.6 Å². The number of thiophene rings is 1. The molecular formula is C26H26N2O8S2. The average Bonchev–Trinajstić information content (AvgIpc) is 3.27. The molecule has 0 radical (unpaired) electrons. The maximum atomic E-state index is 13.2. The fourth-order valence-corrected chi connectivity index (χ4v) is 5.83. The highest BCUT2D eigenvalue weighted by atomic mass is 32.2. The number of nitrogens with zero attached hydrogens (tertiary/aromatic N) is 1. The first kappa shape index (κ1) is 27.3. The molecule has 0 unspecified atom stereocenters. The Morgan fingerprint density at radius 2 is 1.87 bits per heavy atom. The molecule has 1 N–H and O–H groups in total. The van der Waals surface area contributed by atoms with Crippen LogP contribution < -0.4 is 25.0 Å². The molecule has 200 valence electrons. The molecule has 0 aliphatic heterocycles. The van der Waals surface area contributed by atoms with Crippen LogP contribution in [0, 0.1) is 10.1 Å². The summed E-state index contributed by atoms with van der Waals surface area (Å²) in [6, 6.07) is 9.82. The topological polar surface area (TPSA) is 126 Å². The molecule has 1 aliphatic carbocycles. The van der Waals surface area contributed by atoms with Gasteiger partial charge in [0.05, 0.1) is 37.1 Å². The lowest BCUT2D eigenvalue weighted by Crippen LogP contribution is -2.28. The third-order valence-electron chi connectivity index (χ3n) is 6.25. The van der Waals surface area contributed by atoms with Gasteiger partial charge in [0.25, 0.3) is 11.0 Å². The normalized spacial score (nSPS) is 13.9. The molecule has 38 heavy (non-hydrogen) atoms. The predicted molar refractivity (Wildman–Crippen MR) is 144 cm³/mol. The van der Waals surface area contributed by atoms with Crippen LogP contribution in [0.2, 0.25) is 0 Å². The molecule has 0 spiro atoms. The van der Waals surface area contributed by atoms with Crippen molar-refractivity contribution in [2.24, 2.45) is 0 Å². The molecule has 0 fully saturated rings. The summed E-state index contributed by atoms with van der Waals surface area (Å²) in [7, 11) is 4.65. The van der Waals surface area contributed by atoms with Crippen molar-refractivity contribution in [3.05, 3.63) is 77.6 Å². The van der Waals surface area contributed by atoms with Crippen LogP contribution in [0.4, 0.5) is 0 Å². The summed E-state index contributed by atoms with van der Waals surface area (Å²) in [4.78, 5) is 42.7. The van der Waals surface area contributed by atoms with Crippen LogP contribution in [0.25, 0.3) is 11.1 Å². The standard InChI is InChI=1S/C26H26N2O8S2/c1-33-21-12-17-15-7-10-22(37-4)20(29)11-18(15)19(8-6-16(17)24(34-2)25(21)35-3)27-26(30)23-9-5-14(38-23)13-36-28(31)32/h5,7,9-12,19H,6,8,13H2,1-4H3,(H,27,30)/t19-/m0/s1. The Morgan fingerprint density at radius 3 is 2.53 bits per heavy atom. The first-order chi connectivity index (χ1) is 18.3. The number of hydrogen-bond donors (Lipinski definition) is 1. The molecule has 0 saturated heterocycles. The number of methoxy groups -OCH3 is 3. The zero-order valence-corrected chi connectivity index (χ0v) is 22.8. The summed E-state index contributed by atoms with van der Waals surface area (Å²) in [6.07, 6.45) is 2.85. The van der Waals surface area contributed by atoms with E-state index in [4.69, 9.17) is 14.2 Å². The molecule has 3 aromatic rings. The van der Waals surface area contributed by atoms with Gasteiger partial charge in [-0.2, -0.15) is 0 Å². The van der Waals surface area contributed by atoms with Crippen molar-refractivity contribution in [3.63, 3.8) is 0 Å². The lowest BCUT2D eigenvalue weighted by molar-refractivity contribution is -0.762. The summed E-state index contributed by atoms with van der Waals surface area (Å²) in [6.45, 7) is -0.233. The zero-order chi connectivity index (χ0) is 27.4. The minimum atomic E-state index is -0.874. The summed E-state index contributed by atoms with van der Waals surface area (Å²) in [5.74, 6) is 1.14. The summed E-state index contributed by atoms with van der Waals surface area (Å²) in [5, 5.41) is 12.7. The summed E-state index contributed by atoms with van der Waals surface area (Å²) >= 11 is 2.46. The number of ether oxygens (including phenoxy) is 3. The van der Waals surface area contributed by atoms with Crippen molar-refractivity contribution in [2.45, 2.75) is 30.4 Å². The van der Waals surface area contributed by atoms with Crippen LogP contribution in [-0.2, 0) is 17.9 Å². The van der Waals surface area contributed by atoms with Gasteiger partial charge in [0.15, 0.2) is 16.9 Å². The Labute approximate surface area is 227 Å². The third-order valence-corrected chi connectivity index (χ3v) is 8.08. The van der Waals surface area contributed by atoms with Crippen LogP contribution in [0.1, 0.15) is 38.1 Å². The van der Waals surface area contributed by atoms with Gasteiger partial charge in [0.2, 0.25) is 5.75 Å². The maximum Gasteiger partial charge on any atom is 0.294 e. The van der Waals surface area contributed by atoms with Gasteiger partial charge in [0, 0.05) is 10.4 Å². The fraction of sp³-hybridized carbons (Fsp3) is 0.308. The SMILES string of the molecule is COc1cc2c(c(OC)c1OC)CC[C@H](NC(=O)c1ccc(CO[N+](=O)[O-])s1)c1cc(=O)c(SC)ccc1-2. The summed E-state index contributed by atoms with van der Waals surface area (Å²) < 4.78 is 16.9. The lowest BCUT2D eigenvalue weighted by atomic mass is 9.96. The van der Waals surface area contributed by atoms with Crippen LogP contribution in [0.3, 0.4) is 0 Å². The van der Waals surface area contributed by atoms with Crippen molar-refractivity contribution in [3.8, 4) is 28.4 Å². The van der Waals surface area contributed by atoms with Crippen molar-refractivity contribution in [2.75, 3.05) is 27.6 Å². The molecule has 1 amide bonds. The van der Waals surface area contributed by atoms with Crippen molar-refractivity contribution in [1.82, 2.24) is 5.32 Å². The van der Waals surface area contributed by atoms with E-state index < -0.39 is 11.1 Å². The van der Waals surface area contributed by atoms with E-state index >= 15 is 0 Å². The fourth-order valence-electron chi connectivity index (χ4n) is 4.55. The maximum absolute atomic E-state index is 13.2. The van der Waals surface area contributed by atoms with E-state index in [9.17, 15) is 19.7 Å². The largest absolute Gasteiger partial charge is 0.493 e. The molecule has 0 bridgehead atoms. The van der Waals surface area contributed by atoms with Gasteiger partial charge < -0.3 is 24.4 Å². The van der Waals surface area contributed by atoms with Crippen molar-refractivity contribution < 1.29 is 28.9 Å². The highest BCUT2D eigenvalue weighted by Gasteiger charge is 2.29. The van der Waals surface area contributed by atoms with Crippen LogP contribution in [0.5, 0.6) is 17.2 Å². The highest BCUT2D eigenvalue weighted by molar-refractivity contribution is 7.98. The van der Waals surface area contributed by atoms with Gasteiger partial charge in [0.1, 0.15) is 6.61 Å². The first-order valence-corrected chi connectivity index (χ1v) is 13.6. The quantitative estimate of drug-likeness (QED) is 0.227. The van der Waals surface area contributed by atoms with Gasteiger partial charge in [-0.15, -0.1) is 33.2 Å². The molecule has 1 atom stereocenters. The number of thioether (sulfide) groups is 1. The number of hydrogen-bond acceptors (Lipinski definition) is 10. The van der Waals surface area contributed by atoms with Crippen molar-refractivity contribution >= 4 is 29.0 Å². The molecule has 1 aromatic heterocycles.